The standard InChI is InChI=1S/C4H9O.Na/c1-4(2,3)5;/h1-3H3;/q-1;+1/i;1-21. The summed E-state index contributed by atoms with van der Waals surface area (Å²) in [6.45, 7) is 4.90. The van der Waals surface area contributed by atoms with E-state index in [-0.39, 0.29) is 29.6 Å². The monoisotopic (exact) mass is 75.1 g/mol. The normalized spacial score (nSPS) is 10.0. The van der Waals surface area contributed by atoms with Gasteiger partial charge in [0.2, 0.25) is 0 Å². The van der Waals surface area contributed by atoms with Gasteiger partial charge in [0, 0.05) is 0 Å². The maximum Gasteiger partial charge on any atom is 1.00 e. The third-order valence-electron chi connectivity index (χ3n) is 0. The molecule has 0 bridgehead atoms. The molecule has 0 N–H and O–H groups in total. The molecule has 0 amide bonds. The Kier molecular flexibility index (Phi) is 5.07. The molecule has 6 heavy (non-hydrogen) atoms. The Morgan fingerprint density at radius 2 is 1.17 bits per heavy atom. The van der Waals surface area contributed by atoms with Crippen molar-refractivity contribution in [3.63, 3.8) is 0 Å². The smallest absolute Gasteiger partial charge is 0.850 e. The maximum absolute atomic E-state index is 10.1. The van der Waals surface area contributed by atoms with Gasteiger partial charge in [-0.1, -0.05) is 20.8 Å². The minimum absolute atomic E-state index is 0. The molecule has 0 fully saturated rings. The molecular formula is C4H9NaO. The first kappa shape index (κ1) is 10.0. The summed E-state index contributed by atoms with van der Waals surface area (Å²) in [4.78, 5) is 0. The van der Waals surface area contributed by atoms with E-state index in [4.69, 9.17) is 0 Å². The fourth-order valence-electron chi connectivity index (χ4n) is 0. The van der Waals surface area contributed by atoms with E-state index in [1.165, 1.54) is 0 Å². The van der Waals surface area contributed by atoms with Crippen LogP contribution in [-0.4, -0.2) is 5.60 Å². The number of hydrogen-bond donors (Lipinski definition) is 0. The van der Waals surface area contributed by atoms with Crippen LogP contribution in [0.4, 0.5) is 0 Å². The van der Waals surface area contributed by atoms with Crippen molar-refractivity contribution < 1.29 is 34.7 Å². The predicted molar refractivity (Wildman–Crippen MR) is 19.8 cm³/mol. The van der Waals surface area contributed by atoms with Gasteiger partial charge in [0.15, 0.2) is 0 Å². The van der Waals surface area contributed by atoms with Gasteiger partial charge in [0.05, 0.1) is 0 Å². The second kappa shape index (κ2) is 3.03. The van der Waals surface area contributed by atoms with E-state index in [9.17, 15) is 5.11 Å². The van der Waals surface area contributed by atoms with Crippen molar-refractivity contribution in [3.8, 4) is 0 Å². The van der Waals surface area contributed by atoms with Gasteiger partial charge in [-0.15, -0.1) is 5.60 Å². The van der Waals surface area contributed by atoms with Crippen LogP contribution >= 0.6 is 0 Å². The minimum Gasteiger partial charge on any atom is -0.850 e. The summed E-state index contributed by atoms with van der Waals surface area (Å²) in [6.07, 6.45) is 0. The van der Waals surface area contributed by atoms with Crippen LogP contribution in [0.5, 0.6) is 0 Å². The first-order valence-corrected chi connectivity index (χ1v) is 1.70. The first-order chi connectivity index (χ1) is 2.00. The second-order valence-electron chi connectivity index (χ2n) is 2.11. The average Bonchev–Trinajstić information content (AvgIpc) is 0.722. The summed E-state index contributed by atoms with van der Waals surface area (Å²) in [5, 5.41) is 10.1. The Balaban J connectivity index is 0. The third-order valence-corrected chi connectivity index (χ3v) is 0. The van der Waals surface area contributed by atoms with Crippen LogP contribution in [0.25, 0.3) is 0 Å². The van der Waals surface area contributed by atoms with Gasteiger partial charge >= 0.3 is 29.6 Å². The van der Waals surface area contributed by atoms with E-state index in [0.29, 0.717) is 0 Å². The van der Waals surface area contributed by atoms with Gasteiger partial charge < -0.3 is 5.11 Å². The van der Waals surface area contributed by atoms with Crippen LogP contribution in [-0.2, 0) is 0 Å². The largest absolute Gasteiger partial charge is 1.00 e. The van der Waals surface area contributed by atoms with Gasteiger partial charge in [-0.3, -0.25) is 0 Å². The van der Waals surface area contributed by atoms with E-state index >= 15 is 0 Å². The second-order valence-corrected chi connectivity index (χ2v) is 2.11. The molecule has 0 rings (SSSR count). The van der Waals surface area contributed by atoms with E-state index in [0.717, 1.165) is 0 Å². The summed E-state index contributed by atoms with van der Waals surface area (Å²) < 4.78 is 0. The summed E-state index contributed by atoms with van der Waals surface area (Å²) in [6, 6.07) is 0. The van der Waals surface area contributed by atoms with Crippen LogP contribution in [0.3, 0.4) is 0 Å². The van der Waals surface area contributed by atoms with Crippen LogP contribution in [0.1, 0.15) is 20.8 Å². The summed E-state index contributed by atoms with van der Waals surface area (Å²) in [5.74, 6) is 0. The van der Waals surface area contributed by atoms with Crippen molar-refractivity contribution in [3.05, 3.63) is 0 Å². The van der Waals surface area contributed by atoms with Crippen molar-refractivity contribution in [1.82, 2.24) is 0 Å². The zero-order valence-corrected chi connectivity index (χ0v) is 6.91. The zero-order chi connectivity index (χ0) is 4.50. The van der Waals surface area contributed by atoms with Gasteiger partial charge in [0.25, 0.3) is 0 Å². The van der Waals surface area contributed by atoms with Crippen molar-refractivity contribution in [2.45, 2.75) is 26.4 Å². The molecule has 0 aliphatic rings. The Hall–Kier alpha value is 0.960. The molecule has 2 heteroatoms. The van der Waals surface area contributed by atoms with Crippen LogP contribution < -0.4 is 34.7 Å². The van der Waals surface area contributed by atoms with Crippen molar-refractivity contribution in [1.29, 1.82) is 0 Å². The van der Waals surface area contributed by atoms with Gasteiger partial charge in [-0.05, 0) is 0 Å². The molecule has 0 spiro atoms. The molecule has 0 aromatic carbocycles. The molecule has 0 unspecified atom stereocenters. The third kappa shape index (κ3) is 84.4. The molecule has 0 aliphatic carbocycles. The predicted octanol–water partition coefficient (Wildman–Crippen LogP) is -2.85. The van der Waals surface area contributed by atoms with Crippen molar-refractivity contribution >= 4 is 0 Å². The quantitative estimate of drug-likeness (QED) is 0.284. The van der Waals surface area contributed by atoms with Gasteiger partial charge in [-0.2, -0.15) is 0 Å². The van der Waals surface area contributed by atoms with Crippen molar-refractivity contribution in [2.75, 3.05) is 0 Å². The molecule has 0 radical (unpaired) electrons. The Bertz CT molecular complexity index is 23.0. The molecule has 0 atom stereocenters. The van der Waals surface area contributed by atoms with E-state index in [2.05, 4.69) is 0 Å². The van der Waals surface area contributed by atoms with Gasteiger partial charge in [0.1, 0.15) is 0 Å². The zero-order valence-electron chi connectivity index (χ0n) is 4.91. The van der Waals surface area contributed by atoms with Gasteiger partial charge in [-0.25, -0.2) is 0 Å². The fraction of sp³-hybridized carbons (Fsp3) is 1.00. The van der Waals surface area contributed by atoms with Crippen LogP contribution in [0, 0.1) is 0 Å². The molecule has 0 aromatic heterocycles. The molecule has 0 saturated heterocycles. The molecule has 0 heterocycles. The molecule has 0 saturated carbocycles. The van der Waals surface area contributed by atoms with E-state index < -0.39 is 5.60 Å². The Morgan fingerprint density at radius 3 is 1.17 bits per heavy atom. The SMILES string of the molecule is CC(C)(C)[O-].[2Na+]. The summed E-state index contributed by atoms with van der Waals surface area (Å²) in [5.41, 5.74) is -0.750. The minimum atomic E-state index is -0.750. The average molecular weight is 75.1 g/mol. The molecule has 0 aliphatic heterocycles. The van der Waals surface area contributed by atoms with E-state index in [1.54, 1.807) is 20.8 Å². The Labute approximate surface area is 61.0 Å². The first-order valence-electron chi connectivity index (χ1n) is 1.70. The van der Waals surface area contributed by atoms with Crippen molar-refractivity contribution in [2.24, 2.45) is 0 Å². The summed E-state index contributed by atoms with van der Waals surface area (Å²) >= 11 is 0. The Morgan fingerprint density at radius 1 is 1.17 bits per heavy atom. The molecule has 0 aromatic rings. The van der Waals surface area contributed by atoms with E-state index in [1.807, 2.05) is 0 Å². The summed E-state index contributed by atoms with van der Waals surface area (Å²) in [7, 11) is 0. The van der Waals surface area contributed by atoms with Crippen LogP contribution in [0.15, 0.2) is 0 Å². The molecular weight excluding hydrogens is 66.0 g/mol. The fourth-order valence-corrected chi connectivity index (χ4v) is 0. The molecule has 32 valence electrons. The topological polar surface area (TPSA) is 23.1 Å². The van der Waals surface area contributed by atoms with Crippen LogP contribution in [0.2, 0.25) is 0 Å². The maximum atomic E-state index is 10.1. The number of hydrogen-bond acceptors (Lipinski definition) is 1. The number of rotatable bonds is 0. The molecule has 1 nitrogen and oxygen atoms in total.